The second kappa shape index (κ2) is 6.32. The van der Waals surface area contributed by atoms with Crippen LogP contribution >= 0.6 is 35.0 Å². The molecule has 112 valence electrons. The van der Waals surface area contributed by atoms with Crippen LogP contribution in [0.4, 0.5) is 5.69 Å². The van der Waals surface area contributed by atoms with E-state index in [1.165, 1.54) is 12.1 Å². The van der Waals surface area contributed by atoms with Crippen LogP contribution in [0.2, 0.25) is 10.0 Å². The molecule has 0 heterocycles. The van der Waals surface area contributed by atoms with Gasteiger partial charge in [0.1, 0.15) is 4.90 Å². The van der Waals surface area contributed by atoms with Crippen LogP contribution in [0.25, 0.3) is 0 Å². The largest absolute Gasteiger partial charge is 0.399 e. The van der Waals surface area contributed by atoms with Gasteiger partial charge in [-0.3, -0.25) is 0 Å². The van der Waals surface area contributed by atoms with Crippen LogP contribution in [0.1, 0.15) is 19.3 Å². The van der Waals surface area contributed by atoms with E-state index in [4.69, 9.17) is 28.9 Å². The number of rotatable bonds is 4. The first kappa shape index (κ1) is 16.2. The molecule has 0 spiro atoms. The van der Waals surface area contributed by atoms with E-state index in [2.05, 4.69) is 4.72 Å². The van der Waals surface area contributed by atoms with Crippen molar-refractivity contribution >= 4 is 50.7 Å². The second-order valence-corrected chi connectivity index (χ2v) is 8.41. The van der Waals surface area contributed by atoms with Gasteiger partial charge < -0.3 is 5.73 Å². The lowest BCUT2D eigenvalue weighted by molar-refractivity contribution is 0.553. The number of benzene rings is 1. The van der Waals surface area contributed by atoms with E-state index in [1.807, 2.05) is 6.26 Å². The Morgan fingerprint density at radius 1 is 1.30 bits per heavy atom. The van der Waals surface area contributed by atoms with Crippen molar-refractivity contribution in [1.82, 2.24) is 4.72 Å². The molecule has 0 amide bonds. The van der Waals surface area contributed by atoms with Gasteiger partial charge in [-0.1, -0.05) is 23.2 Å². The molecule has 4 nitrogen and oxygen atoms in total. The number of nitrogens with one attached hydrogen (secondary N) is 1. The maximum absolute atomic E-state index is 12.4. The summed E-state index contributed by atoms with van der Waals surface area (Å²) in [6.07, 6.45) is 4.70. The highest BCUT2D eigenvalue weighted by atomic mass is 35.5. The van der Waals surface area contributed by atoms with Crippen LogP contribution in [0.5, 0.6) is 0 Å². The lowest BCUT2D eigenvalue weighted by atomic mass is 10.3. The first-order chi connectivity index (χ1) is 9.33. The molecule has 0 aliphatic heterocycles. The molecule has 0 bridgehead atoms. The Labute approximate surface area is 133 Å². The predicted molar refractivity (Wildman–Crippen MR) is 86.1 cm³/mol. The highest BCUT2D eigenvalue weighted by Gasteiger charge is 2.30. The van der Waals surface area contributed by atoms with Gasteiger partial charge in [-0.25, -0.2) is 13.1 Å². The molecule has 8 heteroatoms. The van der Waals surface area contributed by atoms with Gasteiger partial charge in [0.15, 0.2) is 0 Å². The summed E-state index contributed by atoms with van der Waals surface area (Å²) in [7, 11) is -3.73. The Morgan fingerprint density at radius 2 is 1.90 bits per heavy atom. The van der Waals surface area contributed by atoms with E-state index in [-0.39, 0.29) is 21.0 Å². The number of thioether (sulfide) groups is 1. The van der Waals surface area contributed by atoms with Crippen molar-refractivity contribution in [2.24, 2.45) is 0 Å². The summed E-state index contributed by atoms with van der Waals surface area (Å²) in [4.78, 5) is -0.0948. The van der Waals surface area contributed by atoms with Gasteiger partial charge in [0.2, 0.25) is 10.0 Å². The summed E-state index contributed by atoms with van der Waals surface area (Å²) in [5, 5.41) is 0.587. The normalized spacial score (nSPS) is 23.1. The van der Waals surface area contributed by atoms with Crippen molar-refractivity contribution in [1.29, 1.82) is 0 Å². The van der Waals surface area contributed by atoms with Gasteiger partial charge in [-0.05, 0) is 37.7 Å². The molecule has 2 atom stereocenters. The van der Waals surface area contributed by atoms with Gasteiger partial charge in [0, 0.05) is 17.0 Å². The average molecular weight is 355 g/mol. The fraction of sp³-hybridized carbons (Fsp3) is 0.500. The van der Waals surface area contributed by atoms with Crippen molar-refractivity contribution in [3.8, 4) is 0 Å². The molecule has 2 rings (SSSR count). The fourth-order valence-corrected chi connectivity index (χ4v) is 5.69. The maximum Gasteiger partial charge on any atom is 0.243 e. The number of nitrogen functional groups attached to an aromatic ring is 1. The number of hydrogen-bond donors (Lipinski definition) is 2. The lowest BCUT2D eigenvalue weighted by Crippen LogP contribution is -2.33. The van der Waals surface area contributed by atoms with Crippen LogP contribution < -0.4 is 10.5 Å². The molecule has 3 N–H and O–H groups in total. The van der Waals surface area contributed by atoms with E-state index in [9.17, 15) is 8.42 Å². The number of anilines is 1. The molecular formula is C12H16Cl2N2O2S2. The van der Waals surface area contributed by atoms with E-state index >= 15 is 0 Å². The molecule has 1 aromatic rings. The molecule has 1 aliphatic rings. The number of sulfonamides is 1. The van der Waals surface area contributed by atoms with E-state index in [0.29, 0.717) is 10.9 Å². The average Bonchev–Trinajstić information content (AvgIpc) is 2.73. The van der Waals surface area contributed by atoms with Gasteiger partial charge in [0.25, 0.3) is 0 Å². The third-order valence-electron chi connectivity index (χ3n) is 3.33. The molecule has 0 aromatic heterocycles. The highest BCUT2D eigenvalue weighted by molar-refractivity contribution is 7.99. The highest BCUT2D eigenvalue weighted by Crippen LogP contribution is 2.34. The van der Waals surface area contributed by atoms with Crippen molar-refractivity contribution < 1.29 is 8.42 Å². The quantitative estimate of drug-likeness (QED) is 0.814. The smallest absolute Gasteiger partial charge is 0.243 e. The van der Waals surface area contributed by atoms with Crippen molar-refractivity contribution in [2.75, 3.05) is 12.0 Å². The Kier molecular flexibility index (Phi) is 5.13. The number of hydrogen-bond acceptors (Lipinski definition) is 4. The minimum atomic E-state index is -3.73. The zero-order valence-electron chi connectivity index (χ0n) is 10.9. The van der Waals surface area contributed by atoms with Gasteiger partial charge >= 0.3 is 0 Å². The van der Waals surface area contributed by atoms with E-state index in [1.54, 1.807) is 11.8 Å². The summed E-state index contributed by atoms with van der Waals surface area (Å²) in [5.41, 5.74) is 5.92. The topological polar surface area (TPSA) is 72.2 Å². The minimum Gasteiger partial charge on any atom is -0.399 e. The molecule has 20 heavy (non-hydrogen) atoms. The van der Waals surface area contributed by atoms with Crippen LogP contribution in [0, 0.1) is 0 Å². The van der Waals surface area contributed by atoms with Gasteiger partial charge in [0.05, 0.1) is 10.0 Å². The zero-order valence-corrected chi connectivity index (χ0v) is 14.0. The van der Waals surface area contributed by atoms with Crippen LogP contribution in [-0.4, -0.2) is 26.0 Å². The summed E-state index contributed by atoms with van der Waals surface area (Å²) >= 11 is 13.7. The minimum absolute atomic E-state index is 0.0434. The van der Waals surface area contributed by atoms with Crippen molar-refractivity contribution in [3.63, 3.8) is 0 Å². The van der Waals surface area contributed by atoms with E-state index in [0.717, 1.165) is 19.3 Å². The monoisotopic (exact) mass is 354 g/mol. The Morgan fingerprint density at radius 3 is 2.40 bits per heavy atom. The summed E-state index contributed by atoms with van der Waals surface area (Å²) < 4.78 is 27.5. The SMILES string of the molecule is CSC1CCC(NS(=O)(=O)c2c(Cl)cc(N)cc2Cl)C1. The summed E-state index contributed by atoms with van der Waals surface area (Å²) in [5.74, 6) is 0. The maximum atomic E-state index is 12.4. The zero-order chi connectivity index (χ0) is 14.9. The molecule has 0 radical (unpaired) electrons. The number of halogens is 2. The van der Waals surface area contributed by atoms with Gasteiger partial charge in [-0.2, -0.15) is 11.8 Å². The molecule has 1 saturated carbocycles. The van der Waals surface area contributed by atoms with E-state index < -0.39 is 10.0 Å². The molecule has 1 fully saturated rings. The van der Waals surface area contributed by atoms with Crippen LogP contribution in [0.3, 0.4) is 0 Å². The van der Waals surface area contributed by atoms with Crippen molar-refractivity contribution in [2.45, 2.75) is 35.4 Å². The van der Waals surface area contributed by atoms with Gasteiger partial charge in [-0.15, -0.1) is 0 Å². The Balaban J connectivity index is 2.24. The van der Waals surface area contributed by atoms with Crippen LogP contribution in [0.15, 0.2) is 17.0 Å². The standard InChI is InChI=1S/C12H16Cl2N2O2S2/c1-19-9-3-2-8(6-9)16-20(17,18)12-10(13)4-7(15)5-11(12)14/h4-5,8-9,16H,2-3,6,15H2,1H3. The predicted octanol–water partition coefficient (Wildman–Crippen LogP) is 3.14. The third-order valence-corrected chi connectivity index (χ3v) is 6.87. The molecule has 1 aliphatic carbocycles. The first-order valence-electron chi connectivity index (χ1n) is 6.13. The number of nitrogens with two attached hydrogens (primary N) is 1. The van der Waals surface area contributed by atoms with Crippen molar-refractivity contribution in [3.05, 3.63) is 22.2 Å². The molecule has 0 saturated heterocycles. The summed E-state index contributed by atoms with van der Waals surface area (Å²) in [6.45, 7) is 0. The Bertz CT molecular complexity index is 584. The second-order valence-electron chi connectivity index (χ2n) is 4.80. The molecule has 1 aromatic carbocycles. The first-order valence-corrected chi connectivity index (χ1v) is 9.66. The fourth-order valence-electron chi connectivity index (χ4n) is 2.38. The molecule has 2 unspecified atom stereocenters. The Hall–Kier alpha value is -0.140. The van der Waals surface area contributed by atoms with Crippen LogP contribution in [-0.2, 0) is 10.0 Å². The molecular weight excluding hydrogens is 339 g/mol. The third kappa shape index (κ3) is 3.54. The summed E-state index contributed by atoms with van der Waals surface area (Å²) in [6, 6.07) is 2.71. The lowest BCUT2D eigenvalue weighted by Gasteiger charge is -2.15.